The van der Waals surface area contributed by atoms with Gasteiger partial charge in [-0.05, 0) is 19.0 Å². The lowest BCUT2D eigenvalue weighted by atomic mass is 10.2. The second kappa shape index (κ2) is 7.67. The minimum atomic E-state index is 0.0152. The van der Waals surface area contributed by atoms with Gasteiger partial charge in [0, 0.05) is 37.6 Å². The normalized spacial score (nSPS) is 20.5. The minimum absolute atomic E-state index is 0.0152. The highest BCUT2D eigenvalue weighted by atomic mass is 16.5. The zero-order valence-electron chi connectivity index (χ0n) is 12.8. The van der Waals surface area contributed by atoms with Crippen LogP contribution in [0.2, 0.25) is 0 Å². The van der Waals surface area contributed by atoms with E-state index in [-0.39, 0.29) is 6.10 Å². The smallest absolute Gasteiger partial charge is 0.158 e. The van der Waals surface area contributed by atoms with E-state index in [0.717, 1.165) is 50.7 Å². The first-order valence-corrected chi connectivity index (χ1v) is 7.54. The van der Waals surface area contributed by atoms with Crippen LogP contribution in [0.5, 0.6) is 0 Å². The molecule has 5 heteroatoms. The molecule has 2 heterocycles. The Labute approximate surface area is 121 Å². The summed E-state index contributed by atoms with van der Waals surface area (Å²) in [5.41, 5.74) is 1.12. The van der Waals surface area contributed by atoms with Crippen LogP contribution in [0.1, 0.15) is 38.3 Å². The third kappa shape index (κ3) is 4.51. The molecule has 1 aliphatic heterocycles. The van der Waals surface area contributed by atoms with Crippen molar-refractivity contribution in [2.24, 2.45) is 5.92 Å². The zero-order chi connectivity index (χ0) is 14.4. The first-order chi connectivity index (χ1) is 9.69. The van der Waals surface area contributed by atoms with Gasteiger partial charge in [0.2, 0.25) is 0 Å². The van der Waals surface area contributed by atoms with Gasteiger partial charge < -0.3 is 10.1 Å². The molecule has 1 aromatic rings. The Morgan fingerprint density at radius 1 is 1.40 bits per heavy atom. The maximum absolute atomic E-state index is 5.77. The summed E-state index contributed by atoms with van der Waals surface area (Å²) in [6.07, 6.45) is 3.83. The molecular weight excluding hydrogens is 252 g/mol. The van der Waals surface area contributed by atoms with Gasteiger partial charge in [-0.15, -0.1) is 0 Å². The van der Waals surface area contributed by atoms with Crippen molar-refractivity contribution in [3.8, 4) is 0 Å². The van der Waals surface area contributed by atoms with Crippen molar-refractivity contribution in [3.63, 3.8) is 0 Å². The molecule has 0 spiro atoms. The van der Waals surface area contributed by atoms with Gasteiger partial charge in [0.15, 0.2) is 5.82 Å². The fraction of sp³-hybridized carbons (Fsp3) is 0.733. The van der Waals surface area contributed by atoms with Gasteiger partial charge in [-0.25, -0.2) is 9.97 Å². The fourth-order valence-electron chi connectivity index (χ4n) is 2.27. The van der Waals surface area contributed by atoms with E-state index in [4.69, 9.17) is 4.74 Å². The van der Waals surface area contributed by atoms with Crippen LogP contribution in [0.4, 0.5) is 0 Å². The molecule has 20 heavy (non-hydrogen) atoms. The number of nitrogens with one attached hydrogen (secondary N) is 1. The maximum Gasteiger partial charge on any atom is 0.158 e. The fourth-order valence-corrected chi connectivity index (χ4v) is 2.27. The second-order valence-electron chi connectivity index (χ2n) is 5.73. The number of hydrogen-bond acceptors (Lipinski definition) is 5. The lowest BCUT2D eigenvalue weighted by Crippen LogP contribution is -2.38. The average Bonchev–Trinajstić information content (AvgIpc) is 2.48. The molecule has 0 aromatic carbocycles. The third-order valence-corrected chi connectivity index (χ3v) is 3.49. The number of nitrogens with zero attached hydrogens (tertiary/aromatic N) is 3. The Morgan fingerprint density at radius 3 is 2.80 bits per heavy atom. The van der Waals surface area contributed by atoms with E-state index in [0.29, 0.717) is 5.92 Å². The predicted molar refractivity (Wildman–Crippen MR) is 79.4 cm³/mol. The molecule has 1 N–H and O–H groups in total. The zero-order valence-corrected chi connectivity index (χ0v) is 12.8. The average molecular weight is 278 g/mol. The SMILES string of the molecule is CCN1CCOC(c2ncc(CNCC(C)C)cn2)C1. The van der Waals surface area contributed by atoms with Crippen LogP contribution in [0.25, 0.3) is 0 Å². The summed E-state index contributed by atoms with van der Waals surface area (Å²) in [5, 5.41) is 3.40. The summed E-state index contributed by atoms with van der Waals surface area (Å²) in [7, 11) is 0. The van der Waals surface area contributed by atoms with Crippen LogP contribution in [-0.2, 0) is 11.3 Å². The van der Waals surface area contributed by atoms with E-state index in [1.54, 1.807) is 0 Å². The highest BCUT2D eigenvalue weighted by Crippen LogP contribution is 2.18. The van der Waals surface area contributed by atoms with Gasteiger partial charge in [-0.3, -0.25) is 4.90 Å². The molecule has 1 aliphatic rings. The van der Waals surface area contributed by atoms with E-state index in [2.05, 4.69) is 41.0 Å². The molecule has 1 aromatic heterocycles. The lowest BCUT2D eigenvalue weighted by molar-refractivity contribution is -0.0326. The predicted octanol–water partition coefficient (Wildman–Crippen LogP) is 1.62. The first kappa shape index (κ1) is 15.4. The highest BCUT2D eigenvalue weighted by molar-refractivity contribution is 5.06. The van der Waals surface area contributed by atoms with Gasteiger partial charge in [-0.2, -0.15) is 0 Å². The second-order valence-corrected chi connectivity index (χ2v) is 5.73. The highest BCUT2D eigenvalue weighted by Gasteiger charge is 2.22. The van der Waals surface area contributed by atoms with Crippen LogP contribution in [0.15, 0.2) is 12.4 Å². The Morgan fingerprint density at radius 2 is 2.15 bits per heavy atom. The number of ether oxygens (including phenoxy) is 1. The summed E-state index contributed by atoms with van der Waals surface area (Å²) >= 11 is 0. The molecule has 1 fully saturated rings. The van der Waals surface area contributed by atoms with E-state index in [1.807, 2.05) is 12.4 Å². The van der Waals surface area contributed by atoms with Crippen molar-refractivity contribution in [2.45, 2.75) is 33.4 Å². The van der Waals surface area contributed by atoms with E-state index in [9.17, 15) is 0 Å². The summed E-state index contributed by atoms with van der Waals surface area (Å²) in [6.45, 7) is 12.1. The molecule has 1 unspecified atom stereocenters. The number of aromatic nitrogens is 2. The van der Waals surface area contributed by atoms with Crippen LogP contribution in [0.3, 0.4) is 0 Å². The van der Waals surface area contributed by atoms with Gasteiger partial charge in [0.1, 0.15) is 6.10 Å². The quantitative estimate of drug-likeness (QED) is 0.857. The number of morpholine rings is 1. The molecule has 0 amide bonds. The molecular formula is C15H26N4O. The standard InChI is InChI=1S/C15H26N4O/c1-4-19-5-6-20-14(11-19)15-17-9-13(10-18-15)8-16-7-12(2)3/h9-10,12,14,16H,4-8,11H2,1-3H3. The van der Waals surface area contributed by atoms with Crippen molar-refractivity contribution in [3.05, 3.63) is 23.8 Å². The van der Waals surface area contributed by atoms with Crippen molar-refractivity contribution in [1.82, 2.24) is 20.2 Å². The van der Waals surface area contributed by atoms with Crippen LogP contribution in [0, 0.1) is 5.92 Å². The van der Waals surface area contributed by atoms with Crippen molar-refractivity contribution in [1.29, 1.82) is 0 Å². The summed E-state index contributed by atoms with van der Waals surface area (Å²) < 4.78 is 5.77. The summed E-state index contributed by atoms with van der Waals surface area (Å²) in [6, 6.07) is 0. The van der Waals surface area contributed by atoms with Gasteiger partial charge in [-0.1, -0.05) is 20.8 Å². The Bertz CT molecular complexity index is 393. The summed E-state index contributed by atoms with van der Waals surface area (Å²) in [4.78, 5) is 11.3. The Kier molecular flexibility index (Phi) is 5.88. The molecule has 0 radical (unpaired) electrons. The Hall–Kier alpha value is -1.04. The number of rotatable bonds is 6. The third-order valence-electron chi connectivity index (χ3n) is 3.49. The van der Waals surface area contributed by atoms with Crippen molar-refractivity contribution >= 4 is 0 Å². The minimum Gasteiger partial charge on any atom is -0.368 e. The molecule has 0 aliphatic carbocycles. The first-order valence-electron chi connectivity index (χ1n) is 7.54. The molecule has 2 rings (SSSR count). The maximum atomic E-state index is 5.77. The molecule has 1 saturated heterocycles. The van der Waals surface area contributed by atoms with E-state index in [1.165, 1.54) is 0 Å². The number of hydrogen-bond donors (Lipinski definition) is 1. The van der Waals surface area contributed by atoms with Gasteiger partial charge in [0.25, 0.3) is 0 Å². The molecule has 112 valence electrons. The van der Waals surface area contributed by atoms with Gasteiger partial charge >= 0.3 is 0 Å². The van der Waals surface area contributed by atoms with E-state index >= 15 is 0 Å². The number of likely N-dealkylation sites (N-methyl/N-ethyl adjacent to an activating group) is 1. The monoisotopic (exact) mass is 278 g/mol. The molecule has 5 nitrogen and oxygen atoms in total. The van der Waals surface area contributed by atoms with Crippen LogP contribution < -0.4 is 5.32 Å². The largest absolute Gasteiger partial charge is 0.368 e. The lowest BCUT2D eigenvalue weighted by Gasteiger charge is -2.31. The van der Waals surface area contributed by atoms with E-state index < -0.39 is 0 Å². The van der Waals surface area contributed by atoms with Gasteiger partial charge in [0.05, 0.1) is 6.61 Å². The molecule has 1 atom stereocenters. The summed E-state index contributed by atoms with van der Waals surface area (Å²) in [5.74, 6) is 1.46. The van der Waals surface area contributed by atoms with Crippen molar-refractivity contribution < 1.29 is 4.74 Å². The van der Waals surface area contributed by atoms with Crippen molar-refractivity contribution in [2.75, 3.05) is 32.8 Å². The Balaban J connectivity index is 1.87. The molecule has 0 saturated carbocycles. The molecule has 0 bridgehead atoms. The topological polar surface area (TPSA) is 50.3 Å². The van der Waals surface area contributed by atoms with Crippen LogP contribution >= 0.6 is 0 Å². The van der Waals surface area contributed by atoms with Crippen LogP contribution in [-0.4, -0.2) is 47.7 Å².